The van der Waals surface area contributed by atoms with E-state index in [4.69, 9.17) is 10.00 Å². The number of carbonyl (C=O) groups is 2. The molecule has 2 aromatic rings. The summed E-state index contributed by atoms with van der Waals surface area (Å²) in [6, 6.07) is 14.6. The number of nitriles is 1. The summed E-state index contributed by atoms with van der Waals surface area (Å²) in [6.45, 7) is 5.60. The lowest BCUT2D eigenvalue weighted by Gasteiger charge is -2.23. The summed E-state index contributed by atoms with van der Waals surface area (Å²) in [5.41, 5.74) is 3.46. The Balaban J connectivity index is 2.11. The molecule has 0 atom stereocenters. The average Bonchev–Trinajstić information content (AvgIpc) is 2.59. The van der Waals surface area contributed by atoms with Gasteiger partial charge in [-0.25, -0.2) is 0 Å². The quantitative estimate of drug-likeness (QED) is 0.712. The van der Waals surface area contributed by atoms with Crippen LogP contribution in [0.15, 0.2) is 42.5 Å². The largest absolute Gasteiger partial charge is 0.484 e. The molecule has 0 N–H and O–H groups in total. The van der Waals surface area contributed by atoms with Gasteiger partial charge < -0.3 is 9.64 Å². The first-order valence-electron chi connectivity index (χ1n) is 8.40. The van der Waals surface area contributed by atoms with Crippen LogP contribution in [-0.2, 0) is 4.79 Å². The van der Waals surface area contributed by atoms with Gasteiger partial charge in [0.2, 0.25) is 0 Å². The maximum atomic E-state index is 12.7. The number of carbonyl (C=O) groups excluding carboxylic acids is 2. The van der Waals surface area contributed by atoms with Gasteiger partial charge in [-0.3, -0.25) is 9.59 Å². The molecule has 0 aliphatic heterocycles. The lowest BCUT2D eigenvalue weighted by atomic mass is 10.1. The molecule has 2 aromatic carbocycles. The summed E-state index contributed by atoms with van der Waals surface area (Å²) in [5, 5.41) is 8.88. The zero-order chi connectivity index (χ0) is 19.1. The highest BCUT2D eigenvalue weighted by Gasteiger charge is 2.17. The first kappa shape index (κ1) is 19.2. The molecular formula is C21H22N2O3. The Hall–Kier alpha value is -3.13. The third-order valence-corrected chi connectivity index (χ3v) is 3.89. The van der Waals surface area contributed by atoms with Gasteiger partial charge in [0.25, 0.3) is 5.91 Å². The summed E-state index contributed by atoms with van der Waals surface area (Å²) in [4.78, 5) is 25.5. The minimum Gasteiger partial charge on any atom is -0.484 e. The Labute approximate surface area is 153 Å². The smallest absolute Gasteiger partial charge is 0.264 e. The van der Waals surface area contributed by atoms with Crippen LogP contribution in [0.2, 0.25) is 0 Å². The number of nitrogens with zero attached hydrogens (tertiary/aromatic N) is 2. The number of hydrogen-bond donors (Lipinski definition) is 0. The third-order valence-electron chi connectivity index (χ3n) is 3.89. The Morgan fingerprint density at radius 1 is 1.08 bits per heavy atom. The van der Waals surface area contributed by atoms with E-state index in [1.165, 1.54) is 6.92 Å². The Kier molecular flexibility index (Phi) is 6.51. The van der Waals surface area contributed by atoms with Gasteiger partial charge in [0.1, 0.15) is 5.75 Å². The molecule has 2 rings (SSSR count). The fourth-order valence-corrected chi connectivity index (χ4v) is 2.67. The van der Waals surface area contributed by atoms with Crippen molar-refractivity contribution < 1.29 is 14.3 Å². The number of rotatable bonds is 7. The number of hydrogen-bond acceptors (Lipinski definition) is 4. The van der Waals surface area contributed by atoms with Crippen molar-refractivity contribution in [3.8, 4) is 11.8 Å². The Morgan fingerprint density at radius 3 is 2.23 bits per heavy atom. The highest BCUT2D eigenvalue weighted by molar-refractivity contribution is 5.95. The van der Waals surface area contributed by atoms with Crippen molar-refractivity contribution in [1.82, 2.24) is 0 Å². The number of benzene rings is 2. The van der Waals surface area contributed by atoms with Crippen LogP contribution in [0.1, 0.15) is 34.8 Å². The molecule has 5 nitrogen and oxygen atoms in total. The highest BCUT2D eigenvalue weighted by atomic mass is 16.5. The van der Waals surface area contributed by atoms with Crippen LogP contribution in [0.3, 0.4) is 0 Å². The first-order chi connectivity index (χ1) is 12.4. The highest BCUT2D eigenvalue weighted by Crippen LogP contribution is 2.20. The van der Waals surface area contributed by atoms with Crippen molar-refractivity contribution in [1.29, 1.82) is 5.26 Å². The van der Waals surface area contributed by atoms with Crippen LogP contribution < -0.4 is 9.64 Å². The van der Waals surface area contributed by atoms with Gasteiger partial charge in [-0.2, -0.15) is 5.26 Å². The van der Waals surface area contributed by atoms with E-state index in [0.717, 1.165) is 16.8 Å². The molecule has 5 heteroatoms. The van der Waals surface area contributed by atoms with E-state index < -0.39 is 0 Å². The third kappa shape index (κ3) is 5.18. The van der Waals surface area contributed by atoms with Crippen molar-refractivity contribution in [2.24, 2.45) is 0 Å². The van der Waals surface area contributed by atoms with E-state index in [2.05, 4.69) is 6.07 Å². The van der Waals surface area contributed by atoms with Gasteiger partial charge in [-0.05, 0) is 68.3 Å². The molecule has 0 unspecified atom stereocenters. The first-order valence-corrected chi connectivity index (χ1v) is 8.40. The molecule has 0 heterocycles. The van der Waals surface area contributed by atoms with Gasteiger partial charge in [-0.1, -0.05) is 6.07 Å². The molecule has 0 saturated heterocycles. The molecule has 134 valence electrons. The predicted octanol–water partition coefficient (Wildman–Crippen LogP) is 3.83. The summed E-state index contributed by atoms with van der Waals surface area (Å²) >= 11 is 0. The Bertz CT molecular complexity index is 815. The summed E-state index contributed by atoms with van der Waals surface area (Å²) < 4.78 is 5.56. The monoisotopic (exact) mass is 350 g/mol. The van der Waals surface area contributed by atoms with Crippen LogP contribution >= 0.6 is 0 Å². The average molecular weight is 350 g/mol. The van der Waals surface area contributed by atoms with E-state index in [1.807, 2.05) is 32.0 Å². The van der Waals surface area contributed by atoms with Crippen LogP contribution in [0.5, 0.6) is 5.75 Å². The van der Waals surface area contributed by atoms with Gasteiger partial charge >= 0.3 is 0 Å². The van der Waals surface area contributed by atoms with Crippen molar-refractivity contribution >= 4 is 17.4 Å². The molecule has 0 radical (unpaired) electrons. The molecule has 0 fully saturated rings. The van der Waals surface area contributed by atoms with Crippen LogP contribution in [0.4, 0.5) is 5.69 Å². The molecule has 26 heavy (non-hydrogen) atoms. The zero-order valence-electron chi connectivity index (χ0n) is 15.3. The Morgan fingerprint density at radius 2 is 1.69 bits per heavy atom. The molecule has 0 aliphatic rings. The normalized spacial score (nSPS) is 10.1. The van der Waals surface area contributed by atoms with Crippen molar-refractivity contribution in [2.45, 2.75) is 27.2 Å². The SMILES string of the molecule is CC(=O)c1ccc(OCC(=O)N(CCC#N)c2cc(C)cc(C)c2)cc1. The number of ether oxygens (including phenoxy) is 1. The maximum absolute atomic E-state index is 12.7. The number of anilines is 1. The van der Waals surface area contributed by atoms with E-state index in [1.54, 1.807) is 29.2 Å². The topological polar surface area (TPSA) is 70.4 Å². The number of Topliss-reactive ketones (excluding diaryl/α,β-unsaturated/α-hetero) is 1. The fourth-order valence-electron chi connectivity index (χ4n) is 2.67. The number of aryl methyl sites for hydroxylation is 2. The predicted molar refractivity (Wildman–Crippen MR) is 100 cm³/mol. The molecule has 1 amide bonds. The minimum atomic E-state index is -0.221. The van der Waals surface area contributed by atoms with Gasteiger partial charge in [-0.15, -0.1) is 0 Å². The minimum absolute atomic E-state index is 0.0230. The van der Waals surface area contributed by atoms with E-state index >= 15 is 0 Å². The van der Waals surface area contributed by atoms with Crippen LogP contribution in [0, 0.1) is 25.2 Å². The second kappa shape index (κ2) is 8.82. The van der Waals surface area contributed by atoms with Gasteiger partial charge in [0, 0.05) is 17.8 Å². The lowest BCUT2D eigenvalue weighted by Crippen LogP contribution is -2.35. The van der Waals surface area contributed by atoms with Gasteiger partial charge in [0.15, 0.2) is 12.4 Å². The molecule has 0 aliphatic carbocycles. The second-order valence-electron chi connectivity index (χ2n) is 6.17. The zero-order valence-corrected chi connectivity index (χ0v) is 15.3. The van der Waals surface area contributed by atoms with Gasteiger partial charge in [0.05, 0.1) is 12.5 Å². The second-order valence-corrected chi connectivity index (χ2v) is 6.17. The summed E-state index contributed by atoms with van der Waals surface area (Å²) in [6.07, 6.45) is 0.242. The van der Waals surface area contributed by atoms with E-state index in [0.29, 0.717) is 17.9 Å². The number of amides is 1. The van der Waals surface area contributed by atoms with E-state index in [-0.39, 0.29) is 24.7 Å². The lowest BCUT2D eigenvalue weighted by molar-refractivity contribution is -0.120. The van der Waals surface area contributed by atoms with Crippen molar-refractivity contribution in [3.63, 3.8) is 0 Å². The molecule has 0 bridgehead atoms. The standard InChI is InChI=1S/C21H22N2O3/c1-15-11-16(2)13-19(12-15)23(10-4-9-22)21(25)14-26-20-7-5-18(6-8-20)17(3)24/h5-8,11-13H,4,10,14H2,1-3H3. The molecule has 0 spiro atoms. The van der Waals surface area contributed by atoms with Crippen molar-refractivity contribution in [3.05, 3.63) is 59.2 Å². The van der Waals surface area contributed by atoms with Crippen LogP contribution in [-0.4, -0.2) is 24.8 Å². The van der Waals surface area contributed by atoms with Crippen LogP contribution in [0.25, 0.3) is 0 Å². The molecular weight excluding hydrogens is 328 g/mol. The summed E-state index contributed by atoms with van der Waals surface area (Å²) in [7, 11) is 0. The molecule has 0 saturated carbocycles. The molecule has 0 aromatic heterocycles. The maximum Gasteiger partial charge on any atom is 0.264 e. The summed E-state index contributed by atoms with van der Waals surface area (Å²) in [5.74, 6) is 0.273. The van der Waals surface area contributed by atoms with E-state index in [9.17, 15) is 9.59 Å². The fraction of sp³-hybridized carbons (Fsp3) is 0.286. The number of ketones is 1. The van der Waals surface area contributed by atoms with Crippen molar-refractivity contribution in [2.75, 3.05) is 18.1 Å².